The predicted molar refractivity (Wildman–Crippen MR) is 79.7 cm³/mol. The molecule has 0 atom stereocenters. The molecule has 2 aromatic rings. The van der Waals surface area contributed by atoms with Crippen molar-refractivity contribution in [3.8, 4) is 6.07 Å². The van der Waals surface area contributed by atoms with Gasteiger partial charge in [-0.1, -0.05) is 17.7 Å². The fraction of sp³-hybridized carbons (Fsp3) is 0.0667. The molecule has 106 valence electrons. The van der Waals surface area contributed by atoms with Crippen LogP contribution in [0.3, 0.4) is 0 Å². The minimum Gasteiger partial charge on any atom is -0.375 e. The summed E-state index contributed by atoms with van der Waals surface area (Å²) in [6.07, 6.45) is 0. The third kappa shape index (κ3) is 4.20. The zero-order valence-electron chi connectivity index (χ0n) is 10.9. The Bertz CT molecular complexity index is 712. The first-order chi connectivity index (χ1) is 10.1. The molecule has 0 saturated carbocycles. The summed E-state index contributed by atoms with van der Waals surface area (Å²) in [4.78, 5) is 11.8. The zero-order chi connectivity index (χ0) is 15.2. The molecule has 2 N–H and O–H groups in total. The number of anilines is 2. The second-order valence-corrected chi connectivity index (χ2v) is 4.65. The van der Waals surface area contributed by atoms with E-state index in [4.69, 9.17) is 16.9 Å². The Kier molecular flexibility index (Phi) is 4.75. The molecule has 4 nitrogen and oxygen atoms in total. The number of carbonyl (C=O) groups excluding carboxylic acids is 1. The van der Waals surface area contributed by atoms with Crippen molar-refractivity contribution < 1.29 is 9.18 Å². The van der Waals surface area contributed by atoms with Crippen LogP contribution in [0.4, 0.5) is 15.8 Å². The van der Waals surface area contributed by atoms with E-state index in [-0.39, 0.29) is 12.5 Å². The van der Waals surface area contributed by atoms with Gasteiger partial charge in [0.15, 0.2) is 0 Å². The monoisotopic (exact) mass is 303 g/mol. The highest BCUT2D eigenvalue weighted by atomic mass is 35.5. The third-order valence-corrected chi connectivity index (χ3v) is 2.88. The highest BCUT2D eigenvalue weighted by molar-refractivity contribution is 6.30. The Morgan fingerprint density at radius 2 is 2.10 bits per heavy atom. The van der Waals surface area contributed by atoms with E-state index in [0.717, 1.165) is 0 Å². The van der Waals surface area contributed by atoms with Gasteiger partial charge in [-0.15, -0.1) is 0 Å². The van der Waals surface area contributed by atoms with Crippen LogP contribution in [0.25, 0.3) is 0 Å². The standard InChI is InChI=1S/C15H11ClFN3O/c16-11-5-4-10(8-18)14(6-11)19-9-15(21)20-13-3-1-2-12(17)7-13/h1-7,19H,9H2,(H,20,21). The van der Waals surface area contributed by atoms with Crippen molar-refractivity contribution in [2.45, 2.75) is 0 Å². The van der Waals surface area contributed by atoms with E-state index in [1.54, 1.807) is 24.3 Å². The lowest BCUT2D eigenvalue weighted by Gasteiger charge is -2.09. The minimum absolute atomic E-state index is 0.0640. The molecule has 0 fully saturated rings. The summed E-state index contributed by atoms with van der Waals surface area (Å²) in [5.74, 6) is -0.785. The van der Waals surface area contributed by atoms with E-state index in [1.807, 2.05) is 6.07 Å². The van der Waals surface area contributed by atoms with Crippen molar-refractivity contribution in [3.05, 3.63) is 58.9 Å². The van der Waals surface area contributed by atoms with Gasteiger partial charge in [0.1, 0.15) is 11.9 Å². The normalized spacial score (nSPS) is 9.76. The van der Waals surface area contributed by atoms with E-state index in [0.29, 0.717) is 22.0 Å². The lowest BCUT2D eigenvalue weighted by atomic mass is 10.2. The third-order valence-electron chi connectivity index (χ3n) is 2.65. The lowest BCUT2D eigenvalue weighted by Crippen LogP contribution is -2.22. The van der Waals surface area contributed by atoms with Crippen LogP contribution in [0.15, 0.2) is 42.5 Å². The molecule has 6 heteroatoms. The number of rotatable bonds is 4. The molecular formula is C15H11ClFN3O. The molecule has 0 aromatic heterocycles. The number of benzene rings is 2. The molecule has 0 spiro atoms. The quantitative estimate of drug-likeness (QED) is 0.910. The van der Waals surface area contributed by atoms with Gasteiger partial charge in [0.05, 0.1) is 17.8 Å². The molecule has 0 bridgehead atoms. The number of carbonyl (C=O) groups is 1. The van der Waals surface area contributed by atoms with Crippen LogP contribution in [0.5, 0.6) is 0 Å². The van der Waals surface area contributed by atoms with E-state index in [2.05, 4.69) is 10.6 Å². The number of hydrogen-bond donors (Lipinski definition) is 2. The maximum Gasteiger partial charge on any atom is 0.243 e. The molecule has 0 unspecified atom stereocenters. The summed E-state index contributed by atoms with van der Waals surface area (Å²) in [5.41, 5.74) is 1.23. The summed E-state index contributed by atoms with van der Waals surface area (Å²) in [5, 5.41) is 14.8. The molecule has 0 radical (unpaired) electrons. The van der Waals surface area contributed by atoms with Gasteiger partial charge in [-0.05, 0) is 36.4 Å². The van der Waals surface area contributed by atoms with E-state index in [9.17, 15) is 9.18 Å². The SMILES string of the molecule is N#Cc1ccc(Cl)cc1NCC(=O)Nc1cccc(F)c1. The van der Waals surface area contributed by atoms with Gasteiger partial charge in [0.2, 0.25) is 5.91 Å². The maximum absolute atomic E-state index is 13.0. The Morgan fingerprint density at radius 3 is 2.81 bits per heavy atom. The fourth-order valence-corrected chi connectivity index (χ4v) is 1.88. The van der Waals surface area contributed by atoms with Crippen molar-refractivity contribution in [2.24, 2.45) is 0 Å². The van der Waals surface area contributed by atoms with Crippen LogP contribution in [-0.4, -0.2) is 12.5 Å². The summed E-state index contributed by atoms with van der Waals surface area (Å²) in [6.45, 7) is -0.0640. The van der Waals surface area contributed by atoms with Gasteiger partial charge >= 0.3 is 0 Å². The van der Waals surface area contributed by atoms with Gasteiger partial charge in [-0.3, -0.25) is 4.79 Å². The van der Waals surface area contributed by atoms with Gasteiger partial charge < -0.3 is 10.6 Å². The van der Waals surface area contributed by atoms with Crippen LogP contribution in [0, 0.1) is 17.1 Å². The number of nitrogens with zero attached hydrogens (tertiary/aromatic N) is 1. The average molecular weight is 304 g/mol. The summed E-state index contributed by atoms with van der Waals surface area (Å²) >= 11 is 5.84. The van der Waals surface area contributed by atoms with E-state index in [1.165, 1.54) is 18.2 Å². The highest BCUT2D eigenvalue weighted by Crippen LogP contribution is 2.20. The molecule has 0 saturated heterocycles. The second kappa shape index (κ2) is 6.73. The molecule has 21 heavy (non-hydrogen) atoms. The van der Waals surface area contributed by atoms with E-state index < -0.39 is 5.82 Å². The van der Waals surface area contributed by atoms with Crippen LogP contribution in [0.1, 0.15) is 5.56 Å². The number of nitriles is 1. The van der Waals surface area contributed by atoms with Crippen LogP contribution < -0.4 is 10.6 Å². The summed E-state index contributed by atoms with van der Waals surface area (Å²) < 4.78 is 13.0. The Labute approximate surface area is 126 Å². The summed E-state index contributed by atoms with van der Waals surface area (Å²) in [6, 6.07) is 12.3. The largest absolute Gasteiger partial charge is 0.375 e. The molecular weight excluding hydrogens is 293 g/mol. The van der Waals surface area contributed by atoms with E-state index >= 15 is 0 Å². The maximum atomic E-state index is 13.0. The summed E-state index contributed by atoms with van der Waals surface area (Å²) in [7, 11) is 0. The Balaban J connectivity index is 1.99. The van der Waals surface area contributed by atoms with Gasteiger partial charge in [-0.2, -0.15) is 5.26 Å². The average Bonchev–Trinajstić information content (AvgIpc) is 2.45. The topological polar surface area (TPSA) is 64.9 Å². The van der Waals surface area contributed by atoms with Crippen LogP contribution in [0.2, 0.25) is 5.02 Å². The van der Waals surface area contributed by atoms with Crippen molar-refractivity contribution >= 4 is 28.9 Å². The van der Waals surface area contributed by atoms with Crippen LogP contribution >= 0.6 is 11.6 Å². The zero-order valence-corrected chi connectivity index (χ0v) is 11.6. The van der Waals surface area contributed by atoms with Crippen LogP contribution in [-0.2, 0) is 4.79 Å². The molecule has 2 rings (SSSR count). The van der Waals surface area contributed by atoms with Crippen molar-refractivity contribution in [3.63, 3.8) is 0 Å². The van der Waals surface area contributed by atoms with Crippen molar-refractivity contribution in [1.29, 1.82) is 5.26 Å². The van der Waals surface area contributed by atoms with Gasteiger partial charge in [-0.25, -0.2) is 4.39 Å². The number of amides is 1. The first-order valence-electron chi connectivity index (χ1n) is 6.07. The molecule has 0 heterocycles. The Morgan fingerprint density at radius 1 is 1.29 bits per heavy atom. The molecule has 1 amide bonds. The first kappa shape index (κ1) is 14.8. The molecule has 0 aliphatic rings. The van der Waals surface area contributed by atoms with Gasteiger partial charge in [0.25, 0.3) is 0 Å². The predicted octanol–water partition coefficient (Wildman–Crippen LogP) is 3.40. The smallest absolute Gasteiger partial charge is 0.243 e. The van der Waals surface area contributed by atoms with Gasteiger partial charge in [0, 0.05) is 10.7 Å². The number of halogens is 2. The fourth-order valence-electron chi connectivity index (χ4n) is 1.71. The number of nitrogens with one attached hydrogen (secondary N) is 2. The van der Waals surface area contributed by atoms with Crippen molar-refractivity contribution in [2.75, 3.05) is 17.2 Å². The first-order valence-corrected chi connectivity index (χ1v) is 6.45. The Hall–Kier alpha value is -2.58. The molecule has 2 aromatic carbocycles. The molecule has 0 aliphatic carbocycles. The minimum atomic E-state index is -0.428. The second-order valence-electron chi connectivity index (χ2n) is 4.21. The number of hydrogen-bond acceptors (Lipinski definition) is 3. The van der Waals surface area contributed by atoms with Crippen molar-refractivity contribution in [1.82, 2.24) is 0 Å². The molecule has 0 aliphatic heterocycles. The lowest BCUT2D eigenvalue weighted by molar-refractivity contribution is -0.114. The highest BCUT2D eigenvalue weighted by Gasteiger charge is 2.06.